The average Bonchev–Trinajstić information content (AvgIpc) is 2.86. The molecule has 1 aromatic heterocycles. The van der Waals surface area contributed by atoms with Gasteiger partial charge in [-0.1, -0.05) is 12.1 Å². The molecule has 1 aromatic carbocycles. The number of nitrogens with zero attached hydrogens (tertiary/aromatic N) is 2. The quantitative estimate of drug-likeness (QED) is 0.871. The van der Waals surface area contributed by atoms with Gasteiger partial charge in [0.1, 0.15) is 5.75 Å². The smallest absolute Gasteiger partial charge is 0.259 e. The number of hydrogen-bond acceptors (Lipinski definition) is 4. The van der Waals surface area contributed by atoms with E-state index in [4.69, 9.17) is 4.74 Å². The van der Waals surface area contributed by atoms with Gasteiger partial charge in [0.15, 0.2) is 5.03 Å². The number of aromatic nitrogens is 2. The van der Waals surface area contributed by atoms with E-state index in [1.807, 2.05) is 31.2 Å². The molecule has 20 heavy (non-hydrogen) atoms. The first-order valence-electron chi connectivity index (χ1n) is 6.20. The summed E-state index contributed by atoms with van der Waals surface area (Å²) in [5.74, 6) is 0.767. The standard InChI is InChI=1S/C13H17N3O3S/c1-3-19-12-6-4-11(5-7-12)8-15-20(17,18)13-9-16(2)10-14-13/h4-7,9-10,15H,3,8H2,1-2H3. The average molecular weight is 295 g/mol. The minimum absolute atomic E-state index is 0.0194. The van der Waals surface area contributed by atoms with Crippen molar-refractivity contribution in [2.75, 3.05) is 6.61 Å². The molecule has 1 heterocycles. The topological polar surface area (TPSA) is 73.2 Å². The summed E-state index contributed by atoms with van der Waals surface area (Å²) in [5.41, 5.74) is 0.855. The Bertz CT molecular complexity index is 662. The second-order valence-corrected chi connectivity index (χ2v) is 5.99. The van der Waals surface area contributed by atoms with E-state index in [1.54, 1.807) is 11.6 Å². The lowest BCUT2D eigenvalue weighted by Crippen LogP contribution is -2.23. The predicted molar refractivity (Wildman–Crippen MR) is 74.8 cm³/mol. The van der Waals surface area contributed by atoms with Gasteiger partial charge in [0.25, 0.3) is 10.0 Å². The van der Waals surface area contributed by atoms with Gasteiger partial charge in [0.2, 0.25) is 0 Å². The Hall–Kier alpha value is -1.86. The molecule has 0 saturated heterocycles. The van der Waals surface area contributed by atoms with Crippen LogP contribution in [0.4, 0.5) is 0 Å². The Morgan fingerprint density at radius 2 is 2.00 bits per heavy atom. The van der Waals surface area contributed by atoms with Gasteiger partial charge >= 0.3 is 0 Å². The summed E-state index contributed by atoms with van der Waals surface area (Å²) in [5, 5.41) is 0.0194. The fourth-order valence-corrected chi connectivity index (χ4v) is 2.65. The summed E-state index contributed by atoms with van der Waals surface area (Å²) < 4.78 is 33.4. The van der Waals surface area contributed by atoms with Crippen molar-refractivity contribution in [2.45, 2.75) is 18.5 Å². The highest BCUT2D eigenvalue weighted by Gasteiger charge is 2.16. The lowest BCUT2D eigenvalue weighted by molar-refractivity contribution is 0.340. The highest BCUT2D eigenvalue weighted by atomic mass is 32.2. The molecule has 0 amide bonds. The summed E-state index contributed by atoms with van der Waals surface area (Å²) in [6.07, 6.45) is 2.91. The van der Waals surface area contributed by atoms with Crippen LogP contribution in [0.25, 0.3) is 0 Å². The lowest BCUT2D eigenvalue weighted by atomic mass is 10.2. The van der Waals surface area contributed by atoms with Crippen molar-refractivity contribution < 1.29 is 13.2 Å². The summed E-state index contributed by atoms with van der Waals surface area (Å²) >= 11 is 0. The van der Waals surface area contributed by atoms with E-state index in [9.17, 15) is 8.42 Å². The molecule has 2 aromatic rings. The summed E-state index contributed by atoms with van der Waals surface area (Å²) in [6, 6.07) is 7.28. The molecule has 0 radical (unpaired) electrons. The Labute approximate surface area is 118 Å². The maximum Gasteiger partial charge on any atom is 0.259 e. The van der Waals surface area contributed by atoms with E-state index in [-0.39, 0.29) is 11.6 Å². The van der Waals surface area contributed by atoms with Crippen LogP contribution in [0.2, 0.25) is 0 Å². The molecule has 0 spiro atoms. The fourth-order valence-electron chi connectivity index (χ4n) is 1.65. The summed E-state index contributed by atoms with van der Waals surface area (Å²) in [4.78, 5) is 3.83. The van der Waals surface area contributed by atoms with E-state index in [0.29, 0.717) is 6.61 Å². The zero-order chi connectivity index (χ0) is 14.6. The number of nitrogens with one attached hydrogen (secondary N) is 1. The highest BCUT2D eigenvalue weighted by molar-refractivity contribution is 7.89. The number of aryl methyl sites for hydroxylation is 1. The fraction of sp³-hybridized carbons (Fsp3) is 0.308. The van der Waals surface area contributed by atoms with Crippen LogP contribution in [0.1, 0.15) is 12.5 Å². The predicted octanol–water partition coefficient (Wildman–Crippen LogP) is 1.30. The van der Waals surface area contributed by atoms with Crippen LogP contribution in [0, 0.1) is 0 Å². The third-order valence-corrected chi connectivity index (χ3v) is 3.94. The zero-order valence-corrected chi connectivity index (χ0v) is 12.2. The lowest BCUT2D eigenvalue weighted by Gasteiger charge is -2.06. The Morgan fingerprint density at radius 1 is 1.30 bits per heavy atom. The molecule has 0 bridgehead atoms. The number of rotatable bonds is 6. The van der Waals surface area contributed by atoms with Gasteiger partial charge in [-0.15, -0.1) is 0 Å². The van der Waals surface area contributed by atoms with Crippen molar-refractivity contribution in [3.63, 3.8) is 0 Å². The van der Waals surface area contributed by atoms with Crippen molar-refractivity contribution in [1.29, 1.82) is 0 Å². The van der Waals surface area contributed by atoms with Gasteiger partial charge in [-0.05, 0) is 24.6 Å². The van der Waals surface area contributed by atoms with Crippen molar-refractivity contribution >= 4 is 10.0 Å². The molecule has 1 N–H and O–H groups in total. The third-order valence-electron chi connectivity index (χ3n) is 2.66. The molecule has 2 rings (SSSR count). The molecule has 0 fully saturated rings. The number of hydrogen-bond donors (Lipinski definition) is 1. The van der Waals surface area contributed by atoms with Crippen molar-refractivity contribution in [1.82, 2.24) is 14.3 Å². The minimum Gasteiger partial charge on any atom is -0.494 e. The third kappa shape index (κ3) is 3.58. The molecule has 6 nitrogen and oxygen atoms in total. The minimum atomic E-state index is -3.57. The second kappa shape index (κ2) is 6.06. The van der Waals surface area contributed by atoms with E-state index in [2.05, 4.69) is 9.71 Å². The first kappa shape index (κ1) is 14.5. The van der Waals surface area contributed by atoms with Crippen LogP contribution in [-0.4, -0.2) is 24.6 Å². The van der Waals surface area contributed by atoms with Crippen LogP contribution in [0.15, 0.2) is 41.8 Å². The van der Waals surface area contributed by atoms with Gasteiger partial charge in [0, 0.05) is 19.8 Å². The van der Waals surface area contributed by atoms with Gasteiger partial charge in [-0.2, -0.15) is 0 Å². The molecule has 108 valence electrons. The van der Waals surface area contributed by atoms with E-state index in [0.717, 1.165) is 11.3 Å². The zero-order valence-electron chi connectivity index (χ0n) is 11.4. The van der Waals surface area contributed by atoms with Crippen LogP contribution >= 0.6 is 0 Å². The molecule has 7 heteroatoms. The Balaban J connectivity index is 2.01. The molecule has 0 unspecified atom stereocenters. The molecule has 0 aliphatic heterocycles. The Morgan fingerprint density at radius 3 is 2.55 bits per heavy atom. The second-order valence-electron chi connectivity index (χ2n) is 4.28. The molecule has 0 aliphatic carbocycles. The van der Waals surface area contributed by atoms with E-state index in [1.165, 1.54) is 12.5 Å². The van der Waals surface area contributed by atoms with Gasteiger partial charge in [-0.25, -0.2) is 18.1 Å². The Kier molecular flexibility index (Phi) is 4.41. The molecule has 0 atom stereocenters. The van der Waals surface area contributed by atoms with Crippen molar-refractivity contribution in [3.05, 3.63) is 42.4 Å². The molecular weight excluding hydrogens is 278 g/mol. The van der Waals surface area contributed by atoms with E-state index < -0.39 is 10.0 Å². The van der Waals surface area contributed by atoms with Crippen LogP contribution in [0.5, 0.6) is 5.75 Å². The van der Waals surface area contributed by atoms with Crippen LogP contribution in [-0.2, 0) is 23.6 Å². The van der Waals surface area contributed by atoms with E-state index >= 15 is 0 Å². The van der Waals surface area contributed by atoms with Crippen LogP contribution < -0.4 is 9.46 Å². The SMILES string of the molecule is CCOc1ccc(CNS(=O)(=O)c2cn(C)cn2)cc1. The van der Waals surface area contributed by atoms with Crippen molar-refractivity contribution in [3.8, 4) is 5.75 Å². The maximum absolute atomic E-state index is 12.0. The van der Waals surface area contributed by atoms with Crippen molar-refractivity contribution in [2.24, 2.45) is 7.05 Å². The summed E-state index contributed by atoms with van der Waals surface area (Å²) in [6.45, 7) is 2.73. The molecular formula is C13H17N3O3S. The first-order valence-corrected chi connectivity index (χ1v) is 7.69. The largest absolute Gasteiger partial charge is 0.494 e. The summed E-state index contributed by atoms with van der Waals surface area (Å²) in [7, 11) is -1.85. The highest BCUT2D eigenvalue weighted by Crippen LogP contribution is 2.12. The van der Waals surface area contributed by atoms with Crippen LogP contribution in [0.3, 0.4) is 0 Å². The number of sulfonamides is 1. The van der Waals surface area contributed by atoms with Gasteiger partial charge < -0.3 is 9.30 Å². The number of benzene rings is 1. The number of ether oxygens (including phenoxy) is 1. The maximum atomic E-state index is 12.0. The monoisotopic (exact) mass is 295 g/mol. The molecule has 0 saturated carbocycles. The van der Waals surface area contributed by atoms with Gasteiger partial charge in [-0.3, -0.25) is 0 Å². The number of imidazole rings is 1. The normalized spacial score (nSPS) is 11.5. The first-order chi connectivity index (χ1) is 9.51. The molecule has 0 aliphatic rings. The van der Waals surface area contributed by atoms with Gasteiger partial charge in [0.05, 0.1) is 12.9 Å².